The lowest BCUT2D eigenvalue weighted by atomic mass is 10.3. The Hall–Kier alpha value is -0.0800. The Morgan fingerprint density at radius 2 is 2.07 bits per heavy atom. The number of rotatable bonds is 2. The summed E-state index contributed by atoms with van der Waals surface area (Å²) in [4.78, 5) is 11.3. The molecular weight excluding hydrogens is 363 g/mol. The van der Waals surface area contributed by atoms with Crippen LogP contribution >= 0.6 is 43.2 Å². The monoisotopic (exact) mass is 365 g/mol. The first-order valence-corrected chi connectivity index (χ1v) is 5.99. The zero-order valence-electron chi connectivity index (χ0n) is 6.99. The zero-order chi connectivity index (χ0) is 11.6. The number of thiophene rings is 1. The van der Waals surface area contributed by atoms with Gasteiger partial charge in [0.1, 0.15) is 6.54 Å². The van der Waals surface area contributed by atoms with Gasteiger partial charge in [0.2, 0.25) is 0 Å². The average Bonchev–Trinajstić information content (AvgIpc) is 2.40. The summed E-state index contributed by atoms with van der Waals surface area (Å²) in [5.74, 6) is -0.749. The molecule has 0 aliphatic carbocycles. The molecule has 8 heteroatoms. The molecule has 1 amide bonds. The van der Waals surface area contributed by atoms with E-state index in [2.05, 4.69) is 31.9 Å². The van der Waals surface area contributed by atoms with E-state index in [4.69, 9.17) is 0 Å². The van der Waals surface area contributed by atoms with E-state index >= 15 is 0 Å². The second kappa shape index (κ2) is 4.84. The predicted molar refractivity (Wildman–Crippen MR) is 58.1 cm³/mol. The van der Waals surface area contributed by atoms with E-state index in [1.807, 2.05) is 0 Å². The summed E-state index contributed by atoms with van der Waals surface area (Å²) in [6.45, 7) is -1.33. The lowest BCUT2D eigenvalue weighted by Crippen LogP contribution is -2.33. The Morgan fingerprint density at radius 3 is 2.47 bits per heavy atom. The van der Waals surface area contributed by atoms with Gasteiger partial charge in [-0.1, -0.05) is 0 Å². The van der Waals surface area contributed by atoms with Crippen molar-refractivity contribution >= 4 is 49.1 Å². The van der Waals surface area contributed by atoms with Gasteiger partial charge in [0.25, 0.3) is 5.91 Å². The maximum atomic E-state index is 11.8. The van der Waals surface area contributed by atoms with Gasteiger partial charge >= 0.3 is 6.18 Å². The Morgan fingerprint density at radius 1 is 1.47 bits per heavy atom. The van der Waals surface area contributed by atoms with Crippen LogP contribution in [0.4, 0.5) is 13.2 Å². The van der Waals surface area contributed by atoms with Crippen molar-refractivity contribution in [3.8, 4) is 0 Å². The van der Waals surface area contributed by atoms with Crippen LogP contribution in [0.3, 0.4) is 0 Å². The molecule has 0 atom stereocenters. The van der Waals surface area contributed by atoms with Crippen LogP contribution in [-0.4, -0.2) is 18.6 Å². The Labute approximate surface area is 104 Å². The fourth-order valence-electron chi connectivity index (χ4n) is 0.771. The highest BCUT2D eigenvalue weighted by Crippen LogP contribution is 2.31. The first-order chi connectivity index (χ1) is 6.79. The number of halogens is 5. The summed E-state index contributed by atoms with van der Waals surface area (Å²) in [6.07, 6.45) is -4.39. The van der Waals surface area contributed by atoms with Crippen LogP contribution in [0.2, 0.25) is 0 Å². The molecule has 1 N–H and O–H groups in total. The molecule has 0 unspecified atom stereocenters. The number of hydrogen-bond acceptors (Lipinski definition) is 2. The SMILES string of the molecule is O=C(NCC(F)(F)F)c1cc(Br)sc1Br. The third kappa shape index (κ3) is 4.12. The van der Waals surface area contributed by atoms with Crippen molar-refractivity contribution in [2.45, 2.75) is 6.18 Å². The highest BCUT2D eigenvalue weighted by atomic mass is 79.9. The second-order valence-electron chi connectivity index (χ2n) is 2.54. The van der Waals surface area contributed by atoms with E-state index in [-0.39, 0.29) is 5.56 Å². The molecular formula is C7H4Br2F3NOS. The smallest absolute Gasteiger partial charge is 0.343 e. The van der Waals surface area contributed by atoms with Gasteiger partial charge < -0.3 is 5.32 Å². The van der Waals surface area contributed by atoms with Gasteiger partial charge in [-0.2, -0.15) is 13.2 Å². The van der Waals surface area contributed by atoms with Gasteiger partial charge in [-0.15, -0.1) is 11.3 Å². The normalized spacial score (nSPS) is 11.5. The van der Waals surface area contributed by atoms with Crippen molar-refractivity contribution < 1.29 is 18.0 Å². The lowest BCUT2D eigenvalue weighted by Gasteiger charge is -2.07. The molecule has 1 rings (SSSR count). The van der Waals surface area contributed by atoms with Gasteiger partial charge in [-0.25, -0.2) is 0 Å². The molecule has 0 aliphatic heterocycles. The van der Waals surface area contributed by atoms with Crippen molar-refractivity contribution in [3.05, 3.63) is 19.2 Å². The Bertz CT molecular complexity index is 377. The maximum absolute atomic E-state index is 11.8. The topological polar surface area (TPSA) is 29.1 Å². The van der Waals surface area contributed by atoms with Crippen LogP contribution in [0.25, 0.3) is 0 Å². The molecule has 1 heterocycles. The first-order valence-electron chi connectivity index (χ1n) is 3.59. The van der Waals surface area contributed by atoms with Crippen LogP contribution in [0.15, 0.2) is 13.6 Å². The molecule has 0 saturated carbocycles. The number of nitrogens with one attached hydrogen (secondary N) is 1. The Kier molecular flexibility index (Phi) is 4.19. The largest absolute Gasteiger partial charge is 0.405 e. The molecule has 0 bridgehead atoms. The van der Waals surface area contributed by atoms with E-state index in [9.17, 15) is 18.0 Å². The summed E-state index contributed by atoms with van der Waals surface area (Å²) < 4.78 is 36.6. The van der Waals surface area contributed by atoms with Gasteiger partial charge in [0.05, 0.1) is 13.1 Å². The number of amides is 1. The molecule has 0 spiro atoms. The van der Waals surface area contributed by atoms with Crippen molar-refractivity contribution in [2.75, 3.05) is 6.54 Å². The van der Waals surface area contributed by atoms with E-state index in [1.54, 1.807) is 5.32 Å². The minimum atomic E-state index is -4.39. The summed E-state index contributed by atoms with van der Waals surface area (Å²) >= 11 is 7.43. The third-order valence-corrected chi connectivity index (χ3v) is 3.69. The number of carbonyl (C=O) groups is 1. The van der Waals surface area contributed by atoms with Gasteiger partial charge in [-0.3, -0.25) is 4.79 Å². The molecule has 0 radical (unpaired) electrons. The maximum Gasteiger partial charge on any atom is 0.405 e. The summed E-state index contributed by atoms with van der Waals surface area (Å²) in [5, 5.41) is 1.78. The van der Waals surface area contributed by atoms with Crippen molar-refractivity contribution in [3.63, 3.8) is 0 Å². The lowest BCUT2D eigenvalue weighted by molar-refractivity contribution is -0.123. The quantitative estimate of drug-likeness (QED) is 0.851. The summed E-state index contributed by atoms with van der Waals surface area (Å²) in [5.41, 5.74) is 0.191. The molecule has 1 aromatic heterocycles. The fraction of sp³-hybridized carbons (Fsp3) is 0.286. The van der Waals surface area contributed by atoms with Crippen LogP contribution in [0.5, 0.6) is 0 Å². The molecule has 1 aromatic rings. The molecule has 0 saturated heterocycles. The van der Waals surface area contributed by atoms with Crippen LogP contribution in [0.1, 0.15) is 10.4 Å². The van der Waals surface area contributed by atoms with Crippen molar-refractivity contribution in [1.82, 2.24) is 5.32 Å². The molecule has 0 fully saturated rings. The van der Waals surface area contributed by atoms with Gasteiger partial charge in [0, 0.05) is 0 Å². The number of alkyl halides is 3. The molecule has 2 nitrogen and oxygen atoms in total. The van der Waals surface area contributed by atoms with Crippen molar-refractivity contribution in [2.24, 2.45) is 0 Å². The minimum absolute atomic E-state index is 0.191. The van der Waals surface area contributed by atoms with Crippen LogP contribution in [0, 0.1) is 0 Å². The fourth-order valence-corrected chi connectivity index (χ4v) is 3.56. The first kappa shape index (κ1) is 13.0. The molecule has 0 aromatic carbocycles. The van der Waals surface area contributed by atoms with E-state index in [0.29, 0.717) is 7.57 Å². The number of hydrogen-bond donors (Lipinski definition) is 1. The standard InChI is InChI=1S/C7H4Br2F3NOS/c8-4-1-3(5(9)15-4)6(14)13-2-7(10,11)12/h1H,2H2,(H,13,14). The zero-order valence-corrected chi connectivity index (χ0v) is 11.0. The minimum Gasteiger partial charge on any atom is -0.343 e. The average molecular weight is 367 g/mol. The number of carbonyl (C=O) groups excluding carboxylic acids is 1. The molecule has 15 heavy (non-hydrogen) atoms. The highest BCUT2D eigenvalue weighted by molar-refractivity contribution is 9.12. The van der Waals surface area contributed by atoms with E-state index in [0.717, 1.165) is 0 Å². The highest BCUT2D eigenvalue weighted by Gasteiger charge is 2.28. The predicted octanol–water partition coefficient (Wildman–Crippen LogP) is 3.57. The van der Waals surface area contributed by atoms with Crippen LogP contribution in [-0.2, 0) is 0 Å². The second-order valence-corrected chi connectivity index (χ2v) is 6.29. The van der Waals surface area contributed by atoms with Crippen molar-refractivity contribution in [1.29, 1.82) is 0 Å². The summed E-state index contributed by atoms with van der Waals surface area (Å²) in [6, 6.07) is 1.46. The molecule has 0 aliphatic rings. The van der Waals surface area contributed by atoms with E-state index < -0.39 is 18.6 Å². The third-order valence-electron chi connectivity index (χ3n) is 1.35. The Balaban J connectivity index is 2.66. The van der Waals surface area contributed by atoms with E-state index in [1.165, 1.54) is 17.4 Å². The van der Waals surface area contributed by atoms with Gasteiger partial charge in [0.15, 0.2) is 0 Å². The summed E-state index contributed by atoms with van der Waals surface area (Å²) in [7, 11) is 0. The van der Waals surface area contributed by atoms with Gasteiger partial charge in [-0.05, 0) is 37.9 Å². The molecule has 84 valence electrons. The van der Waals surface area contributed by atoms with Crippen LogP contribution < -0.4 is 5.32 Å².